The molecular weight excluding hydrogens is 406 g/mol. The van der Waals surface area contributed by atoms with E-state index in [1.54, 1.807) is 31.6 Å². The number of aryl methyl sites for hydroxylation is 2. The maximum Gasteiger partial charge on any atom is 0.328 e. The topological polar surface area (TPSA) is 129 Å². The van der Waals surface area contributed by atoms with Gasteiger partial charge >= 0.3 is 5.69 Å². The number of ether oxygens (including phenoxy) is 3. The Balaban J connectivity index is 1.50. The molecule has 0 aliphatic carbocycles. The summed E-state index contributed by atoms with van der Waals surface area (Å²) in [5, 5.41) is 7.19. The van der Waals surface area contributed by atoms with Crippen molar-refractivity contribution in [1.29, 1.82) is 0 Å². The van der Waals surface area contributed by atoms with Gasteiger partial charge in [0.1, 0.15) is 18.3 Å². The number of carbonyl (C=O) groups excluding carboxylic acids is 1. The van der Waals surface area contributed by atoms with Crippen LogP contribution in [0.3, 0.4) is 0 Å². The van der Waals surface area contributed by atoms with Crippen molar-refractivity contribution in [3.63, 3.8) is 0 Å². The molecule has 0 radical (unpaired) electrons. The van der Waals surface area contributed by atoms with Crippen LogP contribution in [0.4, 0.5) is 0 Å². The van der Waals surface area contributed by atoms with Crippen LogP contribution in [0.15, 0.2) is 28.0 Å². The summed E-state index contributed by atoms with van der Waals surface area (Å²) in [7, 11) is 0. The first-order valence-electron chi connectivity index (χ1n) is 10.3. The molecule has 0 unspecified atom stereocenters. The Morgan fingerprint density at radius 2 is 2.06 bits per heavy atom. The number of carbonyl (C=O) groups is 1. The number of hydrogen-bond acceptors (Lipinski definition) is 7. The van der Waals surface area contributed by atoms with E-state index in [2.05, 4.69) is 15.4 Å². The monoisotopic (exact) mass is 433 g/mol. The highest BCUT2D eigenvalue weighted by atomic mass is 16.8. The Morgan fingerprint density at radius 3 is 2.74 bits per heavy atom. The van der Waals surface area contributed by atoms with E-state index in [4.69, 9.17) is 14.2 Å². The van der Waals surface area contributed by atoms with Crippen molar-refractivity contribution in [2.45, 2.75) is 64.4 Å². The molecule has 0 bridgehead atoms. The third-order valence-corrected chi connectivity index (χ3v) is 5.58. The molecule has 168 valence electrons. The van der Waals surface area contributed by atoms with E-state index in [0.29, 0.717) is 17.8 Å². The minimum absolute atomic E-state index is 0.167. The van der Waals surface area contributed by atoms with Crippen molar-refractivity contribution < 1.29 is 19.0 Å². The Kier molecular flexibility index (Phi) is 5.58. The second-order valence-corrected chi connectivity index (χ2v) is 8.22. The van der Waals surface area contributed by atoms with Gasteiger partial charge in [0.25, 0.3) is 11.5 Å². The fraction of sp³-hybridized carbons (Fsp3) is 0.600. The van der Waals surface area contributed by atoms with Gasteiger partial charge in [0.2, 0.25) is 0 Å². The highest BCUT2D eigenvalue weighted by molar-refractivity contribution is 5.95. The number of amides is 1. The average molecular weight is 433 g/mol. The van der Waals surface area contributed by atoms with Crippen LogP contribution in [0.1, 0.15) is 42.9 Å². The summed E-state index contributed by atoms with van der Waals surface area (Å²) in [5.74, 6) is -1.12. The molecule has 2 N–H and O–H groups in total. The fourth-order valence-corrected chi connectivity index (χ4v) is 4.11. The summed E-state index contributed by atoms with van der Waals surface area (Å²) in [6.07, 6.45) is 1.68. The first kappa shape index (κ1) is 21.5. The maximum absolute atomic E-state index is 12.6. The molecule has 0 spiro atoms. The summed E-state index contributed by atoms with van der Waals surface area (Å²) < 4.78 is 21.2. The molecule has 11 heteroatoms. The van der Waals surface area contributed by atoms with Gasteiger partial charge in [0.15, 0.2) is 5.79 Å². The van der Waals surface area contributed by atoms with Crippen LogP contribution in [-0.2, 0) is 20.8 Å². The van der Waals surface area contributed by atoms with Crippen molar-refractivity contribution in [1.82, 2.24) is 24.6 Å². The number of rotatable bonds is 5. The summed E-state index contributed by atoms with van der Waals surface area (Å²) in [5.41, 5.74) is 0.153. The van der Waals surface area contributed by atoms with Gasteiger partial charge in [0.05, 0.1) is 23.9 Å². The van der Waals surface area contributed by atoms with E-state index in [-0.39, 0.29) is 19.1 Å². The van der Waals surface area contributed by atoms with E-state index in [9.17, 15) is 14.4 Å². The van der Waals surface area contributed by atoms with Crippen molar-refractivity contribution in [3.8, 4) is 0 Å². The number of aromatic amines is 1. The zero-order valence-corrected chi connectivity index (χ0v) is 18.0. The molecule has 2 aliphatic rings. The van der Waals surface area contributed by atoms with Gasteiger partial charge in [-0.05, 0) is 27.7 Å². The van der Waals surface area contributed by atoms with Gasteiger partial charge in [-0.1, -0.05) is 0 Å². The predicted octanol–water partition coefficient (Wildman–Crippen LogP) is -0.0486. The number of aromatic nitrogens is 4. The van der Waals surface area contributed by atoms with E-state index in [1.807, 2.05) is 6.92 Å². The molecule has 4 heterocycles. The number of nitrogens with one attached hydrogen (secondary N) is 2. The quantitative estimate of drug-likeness (QED) is 0.676. The van der Waals surface area contributed by atoms with Crippen molar-refractivity contribution in [2.24, 2.45) is 0 Å². The molecule has 11 nitrogen and oxygen atoms in total. The maximum atomic E-state index is 12.6. The van der Waals surface area contributed by atoms with Crippen molar-refractivity contribution in [2.75, 3.05) is 13.2 Å². The first-order valence-corrected chi connectivity index (χ1v) is 10.3. The van der Waals surface area contributed by atoms with Crippen LogP contribution in [0.2, 0.25) is 0 Å². The van der Waals surface area contributed by atoms with Crippen LogP contribution >= 0.6 is 0 Å². The second-order valence-electron chi connectivity index (χ2n) is 8.22. The molecule has 2 aromatic heterocycles. The first-order chi connectivity index (χ1) is 14.7. The lowest BCUT2D eigenvalue weighted by Crippen LogP contribution is -2.54. The molecule has 2 aromatic rings. The lowest BCUT2D eigenvalue weighted by molar-refractivity contribution is -0.153. The minimum Gasteiger partial charge on any atom is -0.371 e. The normalized spacial score (nSPS) is 27.1. The molecule has 1 amide bonds. The number of nitrogens with zero attached hydrogens (tertiary/aromatic N) is 3. The Morgan fingerprint density at radius 1 is 1.32 bits per heavy atom. The van der Waals surface area contributed by atoms with Gasteiger partial charge in [-0.3, -0.25) is 23.8 Å². The summed E-state index contributed by atoms with van der Waals surface area (Å²) >= 11 is 0. The minimum atomic E-state index is -0.881. The average Bonchev–Trinajstić information content (AvgIpc) is 3.24. The van der Waals surface area contributed by atoms with Gasteiger partial charge in [-0.15, -0.1) is 0 Å². The van der Waals surface area contributed by atoms with Gasteiger partial charge in [-0.25, -0.2) is 4.79 Å². The lowest BCUT2D eigenvalue weighted by atomic mass is 9.97. The molecule has 0 saturated carbocycles. The Bertz CT molecular complexity index is 1090. The number of H-pyrrole nitrogens is 1. The van der Waals surface area contributed by atoms with Crippen LogP contribution in [0.5, 0.6) is 0 Å². The molecule has 31 heavy (non-hydrogen) atoms. The SMILES string of the molecule is CCn1cc(C(=O)NC[C@H]2OC[C@@H](n3ccc(=O)[nH]c3=O)[C@@H]3OC(C)(C)O[C@@H]32)c(C)n1. The fourth-order valence-electron chi connectivity index (χ4n) is 4.11. The molecule has 2 fully saturated rings. The predicted molar refractivity (Wildman–Crippen MR) is 109 cm³/mol. The smallest absolute Gasteiger partial charge is 0.328 e. The third kappa shape index (κ3) is 4.21. The van der Waals surface area contributed by atoms with Crippen molar-refractivity contribution in [3.05, 3.63) is 50.6 Å². The van der Waals surface area contributed by atoms with Crippen LogP contribution in [-0.4, -0.2) is 62.5 Å². The second kappa shape index (κ2) is 8.06. The largest absolute Gasteiger partial charge is 0.371 e. The summed E-state index contributed by atoms with van der Waals surface area (Å²) in [4.78, 5) is 38.6. The summed E-state index contributed by atoms with van der Waals surface area (Å²) in [6, 6.07) is 0.802. The Labute approximate surface area is 178 Å². The number of hydrogen-bond donors (Lipinski definition) is 2. The molecular formula is C20H27N5O6. The highest BCUT2D eigenvalue weighted by Crippen LogP contribution is 2.39. The molecule has 4 rings (SSSR count). The number of fused-ring (bicyclic) bond motifs is 1. The van der Waals surface area contributed by atoms with Crippen LogP contribution in [0, 0.1) is 6.92 Å². The van der Waals surface area contributed by atoms with E-state index in [0.717, 1.165) is 0 Å². The molecule has 2 aliphatic heterocycles. The van der Waals surface area contributed by atoms with Gasteiger partial charge < -0.3 is 19.5 Å². The third-order valence-electron chi connectivity index (χ3n) is 5.58. The zero-order chi connectivity index (χ0) is 22.3. The van der Waals surface area contributed by atoms with Crippen molar-refractivity contribution >= 4 is 5.91 Å². The lowest BCUT2D eigenvalue weighted by Gasteiger charge is -2.37. The Hall–Kier alpha value is -2.76. The van der Waals surface area contributed by atoms with E-state index >= 15 is 0 Å². The standard InChI is InChI=1S/C20H27N5O6/c1-5-24-9-12(11(2)23-24)18(27)21-8-14-17-16(30-20(3,4)31-17)13(10-29-14)25-7-6-15(26)22-19(25)28/h6-7,9,13-14,16-17H,5,8,10H2,1-4H3,(H,21,27)(H,22,26,28)/t13-,14-,16+,17-/m1/s1. The molecule has 4 atom stereocenters. The highest BCUT2D eigenvalue weighted by Gasteiger charge is 2.52. The zero-order valence-electron chi connectivity index (χ0n) is 18.0. The van der Waals surface area contributed by atoms with E-state index < -0.39 is 41.4 Å². The van der Waals surface area contributed by atoms with Gasteiger partial charge in [-0.2, -0.15) is 5.10 Å². The van der Waals surface area contributed by atoms with Crippen LogP contribution in [0.25, 0.3) is 0 Å². The van der Waals surface area contributed by atoms with E-state index in [1.165, 1.54) is 16.8 Å². The van der Waals surface area contributed by atoms with Gasteiger partial charge in [0, 0.05) is 31.5 Å². The molecule has 0 aromatic carbocycles. The summed E-state index contributed by atoms with van der Waals surface area (Å²) in [6.45, 7) is 8.37. The van der Waals surface area contributed by atoms with Crippen LogP contribution < -0.4 is 16.6 Å². The molecule has 2 saturated heterocycles.